The van der Waals surface area contributed by atoms with Crippen LogP contribution in [0.4, 0.5) is 10.2 Å². The summed E-state index contributed by atoms with van der Waals surface area (Å²) in [5.74, 6) is 9.84. The van der Waals surface area contributed by atoms with Crippen LogP contribution in [0.1, 0.15) is 37.1 Å². The summed E-state index contributed by atoms with van der Waals surface area (Å²) in [4.78, 5) is 18.9. The van der Waals surface area contributed by atoms with Crippen LogP contribution in [0.2, 0.25) is 0 Å². The topological polar surface area (TPSA) is 86.6 Å². The van der Waals surface area contributed by atoms with Gasteiger partial charge in [-0.1, -0.05) is 24.0 Å². The van der Waals surface area contributed by atoms with Gasteiger partial charge in [-0.3, -0.25) is 9.88 Å². The fourth-order valence-corrected chi connectivity index (χ4v) is 7.69. The van der Waals surface area contributed by atoms with Gasteiger partial charge in [0.05, 0.1) is 17.0 Å². The van der Waals surface area contributed by atoms with Crippen LogP contribution in [-0.4, -0.2) is 82.0 Å². The lowest BCUT2D eigenvalue weighted by Gasteiger charge is -2.29. The van der Waals surface area contributed by atoms with Crippen molar-refractivity contribution in [3.8, 4) is 41.2 Å². The molecular weight excluding hydrogens is 543 g/mol. The highest BCUT2D eigenvalue weighted by Crippen LogP contribution is 2.41. The first-order valence-corrected chi connectivity index (χ1v) is 14.9. The molecule has 4 saturated heterocycles. The van der Waals surface area contributed by atoms with Gasteiger partial charge < -0.3 is 20.1 Å². The Morgan fingerprint density at radius 3 is 2.93 bits per heavy atom. The number of fused-ring (bicyclic) bond motifs is 5. The monoisotopic (exact) mass is 574 g/mol. The molecule has 8 rings (SSSR count). The van der Waals surface area contributed by atoms with Gasteiger partial charge in [0.1, 0.15) is 22.8 Å². The van der Waals surface area contributed by atoms with E-state index >= 15 is 4.39 Å². The van der Waals surface area contributed by atoms with Crippen molar-refractivity contribution < 1.29 is 14.2 Å². The van der Waals surface area contributed by atoms with Crippen LogP contribution in [-0.2, 0) is 4.74 Å². The van der Waals surface area contributed by atoms with Crippen molar-refractivity contribution in [2.75, 3.05) is 38.2 Å². The van der Waals surface area contributed by atoms with Gasteiger partial charge in [0.15, 0.2) is 5.82 Å². The van der Waals surface area contributed by atoms with Crippen LogP contribution in [0.5, 0.6) is 5.75 Å². The van der Waals surface area contributed by atoms with E-state index in [2.05, 4.69) is 37.9 Å². The van der Waals surface area contributed by atoms with Crippen molar-refractivity contribution >= 4 is 27.5 Å². The summed E-state index contributed by atoms with van der Waals surface area (Å²) in [5.41, 5.74) is 0.965. The Bertz CT molecular complexity index is 1910. The molecule has 0 radical (unpaired) electrons. The average Bonchev–Trinajstić information content (AvgIpc) is 3.80. The number of piperazine rings is 1. The number of ether oxygens (including phenoxy) is 1. The first-order chi connectivity index (χ1) is 21.0. The molecule has 0 saturated carbocycles. The lowest BCUT2D eigenvalue weighted by atomic mass is 9.94. The Kier molecular flexibility index (Phi) is 6.06. The summed E-state index contributed by atoms with van der Waals surface area (Å²) in [7, 11) is 1.75. The van der Waals surface area contributed by atoms with E-state index in [-0.39, 0.29) is 34.6 Å². The number of aromatic hydroxyl groups is 1. The number of rotatable bonds is 3. The van der Waals surface area contributed by atoms with Gasteiger partial charge in [-0.2, -0.15) is 0 Å². The molecule has 0 spiro atoms. The Morgan fingerprint density at radius 1 is 1.23 bits per heavy atom. The molecule has 8 nitrogen and oxygen atoms in total. The van der Waals surface area contributed by atoms with Crippen molar-refractivity contribution in [1.29, 1.82) is 0 Å². The molecule has 2 aromatic carbocycles. The molecule has 4 atom stereocenters. The van der Waals surface area contributed by atoms with Gasteiger partial charge in [0, 0.05) is 68.0 Å². The molecule has 2 N–H and O–H groups in total. The van der Waals surface area contributed by atoms with E-state index in [0.29, 0.717) is 45.0 Å². The second-order valence-corrected chi connectivity index (χ2v) is 12.1. The van der Waals surface area contributed by atoms with E-state index in [0.717, 1.165) is 51.9 Å². The molecule has 43 heavy (non-hydrogen) atoms. The Hall–Kier alpha value is -4.28. The Labute approximate surface area is 249 Å². The van der Waals surface area contributed by atoms with Crippen LogP contribution < -0.4 is 10.2 Å². The van der Waals surface area contributed by atoms with Crippen LogP contribution in [0, 0.1) is 30.0 Å². The molecule has 4 aliphatic rings. The summed E-state index contributed by atoms with van der Waals surface area (Å²) in [6.07, 6.45) is 11.5. The minimum absolute atomic E-state index is 0.000192. The van der Waals surface area contributed by atoms with Gasteiger partial charge in [-0.05, 0) is 55.3 Å². The number of nitrogens with zero attached hydrogens (tertiary/aromatic N) is 5. The maximum absolute atomic E-state index is 16.7. The van der Waals surface area contributed by atoms with E-state index in [1.165, 1.54) is 6.07 Å². The summed E-state index contributed by atoms with van der Waals surface area (Å²) in [5, 5.41) is 16.0. The number of hydrogen-bond acceptors (Lipinski definition) is 8. The first-order valence-electron chi connectivity index (χ1n) is 14.9. The quantitative estimate of drug-likeness (QED) is 0.357. The number of methoxy groups -OCH3 is 1. The zero-order chi connectivity index (χ0) is 29.3. The number of pyridine rings is 1. The number of hydrogen-bond donors (Lipinski definition) is 2. The molecule has 6 heterocycles. The molecule has 4 aromatic rings. The lowest BCUT2D eigenvalue weighted by molar-refractivity contribution is 0.108. The number of nitrogens with one attached hydrogen (secondary N) is 1. The number of phenolic OH excluding ortho intramolecular Hbond substituents is 1. The van der Waals surface area contributed by atoms with Gasteiger partial charge in [-0.15, -0.1) is 6.42 Å². The normalized spacial score (nSPS) is 26.2. The predicted molar refractivity (Wildman–Crippen MR) is 163 cm³/mol. The first kappa shape index (κ1) is 26.4. The molecule has 4 fully saturated rings. The number of aromatic nitrogens is 3. The fraction of sp³-hybridized carbons (Fsp3) is 0.382. The third-order valence-corrected chi connectivity index (χ3v) is 9.72. The largest absolute Gasteiger partial charge is 0.508 e. The van der Waals surface area contributed by atoms with Gasteiger partial charge in [-0.25, -0.2) is 14.4 Å². The second kappa shape index (κ2) is 9.89. The van der Waals surface area contributed by atoms with Crippen LogP contribution >= 0.6 is 0 Å². The third-order valence-electron chi connectivity index (χ3n) is 9.72. The fourth-order valence-electron chi connectivity index (χ4n) is 7.69. The van der Waals surface area contributed by atoms with Gasteiger partial charge >= 0.3 is 0 Å². The summed E-state index contributed by atoms with van der Waals surface area (Å²) < 4.78 is 22.4. The maximum atomic E-state index is 16.7. The molecule has 4 aliphatic heterocycles. The van der Waals surface area contributed by atoms with Crippen molar-refractivity contribution in [2.24, 2.45) is 0 Å². The predicted octanol–water partition coefficient (Wildman–Crippen LogP) is 3.83. The number of halogens is 1. The molecule has 216 valence electrons. The minimum atomic E-state index is -0.591. The van der Waals surface area contributed by atoms with Crippen molar-refractivity contribution in [3.63, 3.8) is 0 Å². The summed E-state index contributed by atoms with van der Waals surface area (Å²) in [6, 6.07) is 9.22. The number of phenols is 1. The smallest absolute Gasteiger partial charge is 0.207 e. The summed E-state index contributed by atoms with van der Waals surface area (Å²) in [6.45, 7) is 3.48. The van der Waals surface area contributed by atoms with E-state index in [1.54, 1.807) is 25.4 Å². The summed E-state index contributed by atoms with van der Waals surface area (Å²) >= 11 is 0. The van der Waals surface area contributed by atoms with Crippen LogP contribution in [0.3, 0.4) is 0 Å². The lowest BCUT2D eigenvalue weighted by Crippen LogP contribution is -2.44. The minimum Gasteiger partial charge on any atom is -0.508 e. The Balaban J connectivity index is 1.32. The highest BCUT2D eigenvalue weighted by molar-refractivity contribution is 6.02. The highest BCUT2D eigenvalue weighted by Gasteiger charge is 2.47. The van der Waals surface area contributed by atoms with E-state index in [9.17, 15) is 5.11 Å². The zero-order valence-corrected chi connectivity index (χ0v) is 23.9. The van der Waals surface area contributed by atoms with Crippen molar-refractivity contribution in [2.45, 2.75) is 49.4 Å². The molecule has 0 unspecified atom stereocenters. The van der Waals surface area contributed by atoms with Gasteiger partial charge in [0.25, 0.3) is 0 Å². The number of anilines is 1. The number of benzene rings is 2. The van der Waals surface area contributed by atoms with Crippen molar-refractivity contribution in [1.82, 2.24) is 25.2 Å². The van der Waals surface area contributed by atoms with Crippen molar-refractivity contribution in [3.05, 3.63) is 53.7 Å². The van der Waals surface area contributed by atoms with Crippen LogP contribution in [0.15, 0.2) is 36.5 Å². The van der Waals surface area contributed by atoms with Gasteiger partial charge in [0.2, 0.25) is 5.82 Å². The average molecular weight is 575 g/mol. The molecular formula is C34H31FN6O2. The zero-order valence-electron chi connectivity index (χ0n) is 23.9. The van der Waals surface area contributed by atoms with Crippen LogP contribution in [0.25, 0.3) is 32.9 Å². The maximum Gasteiger partial charge on any atom is 0.207 e. The number of terminal acetylenes is 1. The SMILES string of the molecule is C#Cc1cccc2cc(O)cc(-c3ncc4c(N5C[C@H]6C[C@@H]5CN6)nc(C#C[C@@]56CCCN5C[C@H](OC)C6)nc4c3F)c12. The molecule has 9 heteroatoms. The standard InChI is InChI=1S/C34H31FN6O2/c1-3-20-6-4-7-21-12-24(42)14-26(29(20)21)31-30(35)32-27(17-37-31)33(41-18-22-13-23(41)16-36-22)39-28(38-32)8-10-34-9-5-11-40(34)19-25(15-34)43-2/h1,4,6-7,12,14,17,22-23,25,36,42H,5,9,11,13,15-16,18-19H2,2H3/t22-,23-,25-,34-/m1/s1. The molecule has 0 aliphatic carbocycles. The highest BCUT2D eigenvalue weighted by atomic mass is 19.1. The molecule has 2 aromatic heterocycles. The van der Waals surface area contributed by atoms with E-state index in [4.69, 9.17) is 21.1 Å². The molecule has 0 amide bonds. The third kappa shape index (κ3) is 4.15. The second-order valence-electron chi connectivity index (χ2n) is 12.1. The van der Waals surface area contributed by atoms with E-state index in [1.807, 2.05) is 12.1 Å². The Morgan fingerprint density at radius 2 is 2.14 bits per heavy atom. The molecule has 2 bridgehead atoms. The van der Waals surface area contributed by atoms with E-state index < -0.39 is 5.82 Å².